The molecule has 0 unspecified atom stereocenters. The van der Waals surface area contributed by atoms with Gasteiger partial charge in [-0.05, 0) is 23.6 Å². The smallest absolute Gasteiger partial charge is 0.306 e. The average Bonchev–Trinajstić information content (AvgIpc) is 3.22. The molecule has 3 aromatic rings. The molecule has 0 bridgehead atoms. The zero-order chi connectivity index (χ0) is 19.2. The van der Waals surface area contributed by atoms with Gasteiger partial charge in [-0.25, -0.2) is 0 Å². The van der Waals surface area contributed by atoms with E-state index in [1.807, 2.05) is 47.8 Å². The second kappa shape index (κ2) is 8.92. The van der Waals surface area contributed by atoms with Crippen molar-refractivity contribution >= 4 is 29.1 Å². The van der Waals surface area contributed by atoms with Crippen molar-refractivity contribution in [3.63, 3.8) is 0 Å². The number of carbonyl (C=O) groups is 1. The van der Waals surface area contributed by atoms with Gasteiger partial charge in [-0.3, -0.25) is 9.59 Å². The molecule has 3 rings (SSSR count). The first kappa shape index (κ1) is 19.3. The molecule has 0 fully saturated rings. The fourth-order valence-corrected chi connectivity index (χ4v) is 4.22. The predicted molar refractivity (Wildman–Crippen MR) is 105 cm³/mol. The number of hydrogen-bond donors (Lipinski definition) is 1. The van der Waals surface area contributed by atoms with Crippen LogP contribution in [-0.2, 0) is 15.3 Å². The lowest BCUT2D eigenvalue weighted by molar-refractivity contribution is -0.140. The molecule has 0 radical (unpaired) electrons. The molecule has 0 spiro atoms. The van der Waals surface area contributed by atoms with Gasteiger partial charge in [0.1, 0.15) is 5.76 Å². The molecule has 0 saturated carbocycles. The number of benzene rings is 1. The van der Waals surface area contributed by atoms with Crippen LogP contribution < -0.4 is 5.43 Å². The maximum Gasteiger partial charge on any atom is 0.306 e. The third-order valence-corrected chi connectivity index (χ3v) is 5.95. The Balaban J connectivity index is 1.93. The van der Waals surface area contributed by atoms with E-state index in [9.17, 15) is 14.7 Å². The van der Waals surface area contributed by atoms with Gasteiger partial charge in [-0.15, -0.1) is 23.1 Å². The van der Waals surface area contributed by atoms with Gasteiger partial charge in [-0.2, -0.15) is 0 Å². The molecular weight excluding hydrogens is 384 g/mol. The first-order valence-electron chi connectivity index (χ1n) is 8.22. The zero-order valence-corrected chi connectivity index (χ0v) is 16.2. The maximum atomic E-state index is 12.3. The Morgan fingerprint density at radius 2 is 2.04 bits per heavy atom. The van der Waals surface area contributed by atoms with E-state index in [1.54, 1.807) is 0 Å². The summed E-state index contributed by atoms with van der Waals surface area (Å²) in [6.45, 7) is 0. The second-order valence-corrected chi connectivity index (χ2v) is 7.77. The first-order chi connectivity index (χ1) is 13.1. The van der Waals surface area contributed by atoms with Crippen molar-refractivity contribution in [2.45, 2.75) is 23.0 Å². The Labute approximate surface area is 164 Å². The molecule has 1 N–H and O–H groups in total. The summed E-state index contributed by atoms with van der Waals surface area (Å²) in [5, 5.41) is 12.2. The first-order valence-corrected chi connectivity index (χ1v) is 10.1. The highest BCUT2D eigenvalue weighted by Crippen LogP contribution is 2.36. The van der Waals surface area contributed by atoms with Crippen molar-refractivity contribution in [3.8, 4) is 5.75 Å². The molecule has 2 heterocycles. The quantitative estimate of drug-likeness (QED) is 0.466. The van der Waals surface area contributed by atoms with Gasteiger partial charge < -0.3 is 14.3 Å². The number of hydrogen-bond acceptors (Lipinski definition) is 7. The minimum atomic E-state index is -0.577. The number of methoxy groups -OCH3 is 1. The number of rotatable bonds is 7. The molecule has 5 nitrogen and oxygen atoms in total. The van der Waals surface area contributed by atoms with Crippen LogP contribution in [-0.4, -0.2) is 18.2 Å². The van der Waals surface area contributed by atoms with Gasteiger partial charge >= 0.3 is 5.97 Å². The lowest BCUT2D eigenvalue weighted by atomic mass is 9.99. The predicted octanol–water partition coefficient (Wildman–Crippen LogP) is 4.39. The number of thioether (sulfide) groups is 1. The highest BCUT2D eigenvalue weighted by atomic mass is 32.2. The summed E-state index contributed by atoms with van der Waals surface area (Å²) in [6.07, 6.45) is -0.0250. The fraction of sp³-hybridized carbons (Fsp3) is 0.200. The Bertz CT molecular complexity index is 948. The van der Waals surface area contributed by atoms with Crippen molar-refractivity contribution in [2.75, 3.05) is 7.11 Å². The average molecular weight is 402 g/mol. The van der Waals surface area contributed by atoms with Gasteiger partial charge in [-0.1, -0.05) is 24.3 Å². The summed E-state index contributed by atoms with van der Waals surface area (Å²) in [5.41, 5.74) is -0.522. The van der Waals surface area contributed by atoms with Gasteiger partial charge in [0.15, 0.2) is 5.76 Å². The molecule has 140 valence electrons. The summed E-state index contributed by atoms with van der Waals surface area (Å²) in [6, 6.07) is 14.7. The topological polar surface area (TPSA) is 76.7 Å². The largest absolute Gasteiger partial charge is 0.502 e. The van der Waals surface area contributed by atoms with E-state index in [0.29, 0.717) is 11.5 Å². The molecule has 0 saturated heterocycles. The van der Waals surface area contributed by atoms with Crippen LogP contribution in [0, 0.1) is 0 Å². The Morgan fingerprint density at radius 3 is 2.70 bits per heavy atom. The minimum Gasteiger partial charge on any atom is -0.502 e. The van der Waals surface area contributed by atoms with Gasteiger partial charge in [0.2, 0.25) is 11.2 Å². The number of carbonyl (C=O) groups excluding carboxylic acids is 1. The molecule has 0 aliphatic carbocycles. The number of thiophene rings is 1. The van der Waals surface area contributed by atoms with Gasteiger partial charge in [0, 0.05) is 15.8 Å². The third kappa shape index (κ3) is 4.81. The number of aromatic hydroxyl groups is 1. The van der Waals surface area contributed by atoms with E-state index < -0.39 is 23.1 Å². The molecule has 0 amide bonds. The standard InChI is InChI=1S/C20H18O5S2/c1-24-18(22)11-15(17-8-5-9-26-17)20-19(23)16(21)10-13(25-20)12-27-14-6-3-2-4-7-14/h2-10,15,23H,11-12H2,1H3/t15-/m0/s1. The normalized spacial score (nSPS) is 11.9. The van der Waals surface area contributed by atoms with Gasteiger partial charge in [0.05, 0.1) is 25.2 Å². The summed E-state index contributed by atoms with van der Waals surface area (Å²) in [5.74, 6) is -0.522. The van der Waals surface area contributed by atoms with Crippen LogP contribution in [0.4, 0.5) is 0 Å². The lowest BCUT2D eigenvalue weighted by Gasteiger charge is -2.15. The van der Waals surface area contributed by atoms with Crippen LogP contribution in [0.5, 0.6) is 5.75 Å². The van der Waals surface area contributed by atoms with E-state index in [0.717, 1.165) is 9.77 Å². The van der Waals surface area contributed by atoms with E-state index in [1.165, 1.54) is 36.3 Å². The van der Waals surface area contributed by atoms with Crippen molar-refractivity contribution in [1.82, 2.24) is 0 Å². The SMILES string of the molecule is COC(=O)C[C@@H](c1cccs1)c1oc(CSc2ccccc2)cc(=O)c1O. The highest BCUT2D eigenvalue weighted by molar-refractivity contribution is 7.98. The van der Waals surface area contributed by atoms with E-state index >= 15 is 0 Å². The Hall–Kier alpha value is -2.51. The number of ether oxygens (including phenoxy) is 1. The van der Waals surface area contributed by atoms with Gasteiger partial charge in [0.25, 0.3) is 0 Å². The summed E-state index contributed by atoms with van der Waals surface area (Å²) >= 11 is 2.94. The second-order valence-electron chi connectivity index (χ2n) is 5.74. The highest BCUT2D eigenvalue weighted by Gasteiger charge is 2.27. The zero-order valence-electron chi connectivity index (χ0n) is 14.6. The summed E-state index contributed by atoms with van der Waals surface area (Å²) in [4.78, 5) is 26.0. The molecule has 7 heteroatoms. The molecule has 0 aliphatic heterocycles. The molecule has 0 aliphatic rings. The van der Waals surface area contributed by atoms with E-state index in [4.69, 9.17) is 9.15 Å². The minimum absolute atomic E-state index is 0.0250. The van der Waals surface area contributed by atoms with Crippen molar-refractivity contribution < 1.29 is 19.1 Å². The summed E-state index contributed by atoms with van der Waals surface area (Å²) < 4.78 is 10.6. The third-order valence-electron chi connectivity index (χ3n) is 3.93. The number of esters is 1. The molecular formula is C20H18O5S2. The van der Waals surface area contributed by atoms with Crippen molar-refractivity contribution in [2.24, 2.45) is 0 Å². The molecule has 2 aromatic heterocycles. The molecule has 27 heavy (non-hydrogen) atoms. The van der Waals surface area contributed by atoms with Crippen LogP contribution in [0.3, 0.4) is 0 Å². The van der Waals surface area contributed by atoms with E-state index in [-0.39, 0.29) is 12.2 Å². The van der Waals surface area contributed by atoms with Crippen LogP contribution in [0.2, 0.25) is 0 Å². The maximum absolute atomic E-state index is 12.3. The van der Waals surface area contributed by atoms with Crippen LogP contribution in [0.15, 0.2) is 68.0 Å². The monoisotopic (exact) mass is 402 g/mol. The van der Waals surface area contributed by atoms with Crippen LogP contribution in [0.25, 0.3) is 0 Å². The van der Waals surface area contributed by atoms with Crippen LogP contribution >= 0.6 is 23.1 Å². The lowest BCUT2D eigenvalue weighted by Crippen LogP contribution is -2.13. The molecule has 1 atom stereocenters. The molecule has 1 aromatic carbocycles. The van der Waals surface area contributed by atoms with Crippen LogP contribution in [0.1, 0.15) is 28.7 Å². The van der Waals surface area contributed by atoms with E-state index in [2.05, 4.69) is 0 Å². The fourth-order valence-electron chi connectivity index (χ4n) is 2.60. The summed E-state index contributed by atoms with van der Waals surface area (Å²) in [7, 11) is 1.30. The van der Waals surface area contributed by atoms with Crippen molar-refractivity contribution in [1.29, 1.82) is 0 Å². The Kier molecular flexibility index (Phi) is 6.36. The van der Waals surface area contributed by atoms with Crippen molar-refractivity contribution in [3.05, 3.63) is 80.5 Å². The Morgan fingerprint density at radius 1 is 1.26 bits per heavy atom.